The summed E-state index contributed by atoms with van der Waals surface area (Å²) < 4.78 is 52.8. The van der Waals surface area contributed by atoms with Crippen molar-refractivity contribution in [1.29, 1.82) is 0 Å². The topological polar surface area (TPSA) is 32.3 Å². The highest BCUT2D eigenvalue weighted by Gasteiger charge is 2.32. The van der Waals surface area contributed by atoms with Crippen LogP contribution in [0.15, 0.2) is 42.5 Å². The number of nitrogens with one attached hydrogen (secondary N) is 1. The molecule has 0 atom stereocenters. The summed E-state index contributed by atoms with van der Waals surface area (Å²) in [5, 5.41) is 2.53. The van der Waals surface area contributed by atoms with Gasteiger partial charge in [-0.2, -0.15) is 13.2 Å². The van der Waals surface area contributed by atoms with Crippen molar-refractivity contribution in [3.63, 3.8) is 0 Å². The van der Waals surface area contributed by atoms with E-state index in [1.807, 2.05) is 4.90 Å². The summed E-state index contributed by atoms with van der Waals surface area (Å²) in [6.07, 6.45) is -2.86. The van der Waals surface area contributed by atoms with Crippen LogP contribution in [0.2, 0.25) is 0 Å². The van der Waals surface area contributed by atoms with Crippen LogP contribution in [-0.4, -0.2) is 19.0 Å². The van der Waals surface area contributed by atoms with Gasteiger partial charge in [-0.25, -0.2) is 4.39 Å². The summed E-state index contributed by atoms with van der Waals surface area (Å²) in [5.74, 6) is -1.08. The van der Waals surface area contributed by atoms with Gasteiger partial charge in [0, 0.05) is 13.1 Å². The number of benzene rings is 2. The summed E-state index contributed by atoms with van der Waals surface area (Å²) in [4.78, 5) is 14.2. The number of hydrogen-bond acceptors (Lipinski definition) is 2. The van der Waals surface area contributed by atoms with Gasteiger partial charge in [-0.15, -0.1) is 0 Å². The number of nitrogens with zero attached hydrogens (tertiary/aromatic N) is 1. The second-order valence-electron chi connectivity index (χ2n) is 6.24. The first kappa shape index (κ1) is 18.2. The molecule has 0 aliphatic carbocycles. The van der Waals surface area contributed by atoms with Crippen LogP contribution >= 0.6 is 0 Å². The average molecular weight is 366 g/mol. The number of rotatable bonds is 4. The Morgan fingerprint density at radius 1 is 1.08 bits per heavy atom. The van der Waals surface area contributed by atoms with E-state index in [0.29, 0.717) is 5.69 Å². The van der Waals surface area contributed by atoms with Crippen LogP contribution in [0.5, 0.6) is 0 Å². The van der Waals surface area contributed by atoms with Crippen LogP contribution in [0.4, 0.5) is 28.9 Å². The molecule has 26 heavy (non-hydrogen) atoms. The van der Waals surface area contributed by atoms with Gasteiger partial charge in [0.15, 0.2) is 0 Å². The van der Waals surface area contributed by atoms with E-state index in [0.717, 1.165) is 38.1 Å². The Hall–Kier alpha value is -2.57. The highest BCUT2D eigenvalue weighted by Crippen LogP contribution is 2.36. The molecule has 3 nitrogen and oxygen atoms in total. The van der Waals surface area contributed by atoms with Crippen LogP contribution in [0.25, 0.3) is 0 Å². The Kier molecular flexibility index (Phi) is 5.15. The van der Waals surface area contributed by atoms with Crippen molar-refractivity contribution >= 4 is 17.3 Å². The minimum Gasteiger partial charge on any atom is -0.370 e. The highest BCUT2D eigenvalue weighted by molar-refractivity contribution is 5.95. The van der Waals surface area contributed by atoms with E-state index >= 15 is 0 Å². The largest absolute Gasteiger partial charge is 0.416 e. The van der Waals surface area contributed by atoms with Gasteiger partial charge < -0.3 is 10.2 Å². The smallest absolute Gasteiger partial charge is 0.370 e. The molecule has 138 valence electrons. The lowest BCUT2D eigenvalue weighted by Crippen LogP contribution is -2.22. The third kappa shape index (κ3) is 4.15. The Bertz CT molecular complexity index is 798. The van der Waals surface area contributed by atoms with Crippen molar-refractivity contribution in [2.24, 2.45) is 0 Å². The minimum absolute atomic E-state index is 0.100. The van der Waals surface area contributed by atoms with E-state index < -0.39 is 23.5 Å². The van der Waals surface area contributed by atoms with Gasteiger partial charge in [-0.3, -0.25) is 4.79 Å². The normalized spacial score (nSPS) is 14.5. The van der Waals surface area contributed by atoms with E-state index in [9.17, 15) is 22.4 Å². The summed E-state index contributed by atoms with van der Waals surface area (Å²) in [6, 6.07) is 9.16. The molecule has 0 radical (unpaired) electrons. The molecular formula is C19H18F4N2O. The maximum absolute atomic E-state index is 13.7. The predicted molar refractivity (Wildman–Crippen MR) is 91.6 cm³/mol. The maximum atomic E-state index is 13.7. The van der Waals surface area contributed by atoms with Crippen molar-refractivity contribution in [2.45, 2.75) is 25.4 Å². The van der Waals surface area contributed by atoms with E-state index in [2.05, 4.69) is 5.32 Å². The fraction of sp³-hybridized carbons (Fsp3) is 0.316. The molecule has 1 aliphatic heterocycles. The Morgan fingerprint density at radius 2 is 1.77 bits per heavy atom. The van der Waals surface area contributed by atoms with E-state index in [-0.39, 0.29) is 17.7 Å². The van der Waals surface area contributed by atoms with Gasteiger partial charge >= 0.3 is 6.18 Å². The number of carbonyl (C=O) groups is 1. The van der Waals surface area contributed by atoms with E-state index in [1.165, 1.54) is 24.3 Å². The van der Waals surface area contributed by atoms with Crippen LogP contribution in [0.3, 0.4) is 0 Å². The van der Waals surface area contributed by atoms with Crippen molar-refractivity contribution in [1.82, 2.24) is 0 Å². The van der Waals surface area contributed by atoms with Crippen LogP contribution in [0, 0.1) is 5.82 Å². The van der Waals surface area contributed by atoms with Crippen LogP contribution in [0.1, 0.15) is 24.0 Å². The van der Waals surface area contributed by atoms with Gasteiger partial charge in [0.05, 0.1) is 23.4 Å². The molecule has 1 aliphatic rings. The van der Waals surface area contributed by atoms with Gasteiger partial charge in [-0.05, 0) is 42.7 Å². The molecule has 1 N–H and O–H groups in total. The Labute approximate surface area is 148 Å². The second kappa shape index (κ2) is 7.35. The lowest BCUT2D eigenvalue weighted by molar-refractivity contribution is -0.137. The minimum atomic E-state index is -4.51. The Balaban J connectivity index is 1.86. The molecule has 1 heterocycles. The van der Waals surface area contributed by atoms with Crippen LogP contribution in [-0.2, 0) is 17.4 Å². The molecule has 0 unspecified atom stereocenters. The quantitative estimate of drug-likeness (QED) is 0.801. The second-order valence-corrected chi connectivity index (χ2v) is 6.24. The molecule has 2 aromatic rings. The van der Waals surface area contributed by atoms with E-state index in [1.54, 1.807) is 6.07 Å². The van der Waals surface area contributed by atoms with Gasteiger partial charge in [-0.1, -0.05) is 18.2 Å². The third-order valence-electron chi connectivity index (χ3n) is 4.35. The molecular weight excluding hydrogens is 348 g/mol. The zero-order valence-corrected chi connectivity index (χ0v) is 13.9. The number of alkyl halides is 3. The van der Waals surface area contributed by atoms with Crippen molar-refractivity contribution in [3.8, 4) is 0 Å². The SMILES string of the molecule is O=C(Cc1ccccc1F)Nc1cc(C(F)(F)F)ccc1N1CCCC1. The van der Waals surface area contributed by atoms with Crippen molar-refractivity contribution in [3.05, 3.63) is 59.4 Å². The fourth-order valence-corrected chi connectivity index (χ4v) is 3.06. The number of anilines is 2. The number of hydrogen-bond donors (Lipinski definition) is 1. The predicted octanol–water partition coefficient (Wildman–Crippen LogP) is 4.63. The lowest BCUT2D eigenvalue weighted by atomic mass is 10.1. The molecule has 3 rings (SSSR count). The van der Waals surface area contributed by atoms with Crippen molar-refractivity contribution < 1.29 is 22.4 Å². The van der Waals surface area contributed by atoms with Crippen LogP contribution < -0.4 is 10.2 Å². The number of carbonyl (C=O) groups excluding carboxylic acids is 1. The summed E-state index contributed by atoms with van der Waals surface area (Å²) >= 11 is 0. The Morgan fingerprint density at radius 3 is 2.42 bits per heavy atom. The summed E-state index contributed by atoms with van der Waals surface area (Å²) in [7, 11) is 0. The molecule has 1 amide bonds. The van der Waals surface area contributed by atoms with Gasteiger partial charge in [0.1, 0.15) is 5.82 Å². The molecule has 0 spiro atoms. The monoisotopic (exact) mass is 366 g/mol. The zero-order chi connectivity index (χ0) is 18.7. The molecule has 0 bridgehead atoms. The molecule has 1 fully saturated rings. The average Bonchev–Trinajstić information content (AvgIpc) is 3.10. The molecule has 2 aromatic carbocycles. The fourth-order valence-electron chi connectivity index (χ4n) is 3.06. The zero-order valence-electron chi connectivity index (χ0n) is 13.9. The summed E-state index contributed by atoms with van der Waals surface area (Å²) in [6.45, 7) is 1.45. The first-order chi connectivity index (χ1) is 12.3. The van der Waals surface area contributed by atoms with Gasteiger partial charge in [0.25, 0.3) is 0 Å². The molecule has 0 aromatic heterocycles. The molecule has 1 saturated heterocycles. The van der Waals surface area contributed by atoms with Crippen molar-refractivity contribution in [2.75, 3.05) is 23.3 Å². The molecule has 0 saturated carbocycles. The standard InChI is InChI=1S/C19H18F4N2O/c20-15-6-2-1-5-13(15)11-18(26)24-16-12-14(19(21,22)23)7-8-17(16)25-9-3-4-10-25/h1-2,5-8,12H,3-4,9-11H2,(H,24,26). The number of amides is 1. The molecule has 7 heteroatoms. The van der Waals surface area contributed by atoms with Gasteiger partial charge in [0.2, 0.25) is 5.91 Å². The maximum Gasteiger partial charge on any atom is 0.416 e. The lowest BCUT2D eigenvalue weighted by Gasteiger charge is -2.23. The third-order valence-corrected chi connectivity index (χ3v) is 4.35. The van der Waals surface area contributed by atoms with E-state index in [4.69, 9.17) is 0 Å². The summed E-state index contributed by atoms with van der Waals surface area (Å²) in [5.41, 5.74) is 0.0155. The number of halogens is 4. The first-order valence-electron chi connectivity index (χ1n) is 8.34. The first-order valence-corrected chi connectivity index (χ1v) is 8.34. The highest BCUT2D eigenvalue weighted by atomic mass is 19.4.